The van der Waals surface area contributed by atoms with Gasteiger partial charge in [0.2, 0.25) is 0 Å². The molecule has 106 valence electrons. The minimum Gasteiger partial charge on any atom is -0.497 e. The van der Waals surface area contributed by atoms with E-state index in [1.165, 1.54) is 12.1 Å². The molecule has 0 saturated carbocycles. The Hall–Kier alpha value is -2.82. The Balaban J connectivity index is 1.92. The van der Waals surface area contributed by atoms with E-state index in [9.17, 15) is 4.79 Å². The molecular formula is C16H13NO4. The number of carboxylic acid groups (broad SMARTS) is 1. The lowest BCUT2D eigenvalue weighted by Crippen LogP contribution is -1.94. The van der Waals surface area contributed by atoms with E-state index in [2.05, 4.69) is 4.98 Å². The van der Waals surface area contributed by atoms with Gasteiger partial charge in [0.05, 0.1) is 12.7 Å². The highest BCUT2D eigenvalue weighted by atomic mass is 16.5. The van der Waals surface area contributed by atoms with Gasteiger partial charge in [0.25, 0.3) is 0 Å². The molecule has 0 amide bonds. The molecule has 1 aromatic heterocycles. The molecule has 0 fully saturated rings. The topological polar surface area (TPSA) is 72.6 Å². The monoisotopic (exact) mass is 283 g/mol. The number of aromatic carboxylic acids is 1. The number of carbonyl (C=O) groups is 1. The highest BCUT2D eigenvalue weighted by Crippen LogP contribution is 2.21. The van der Waals surface area contributed by atoms with E-state index < -0.39 is 5.97 Å². The van der Waals surface area contributed by atoms with E-state index in [0.29, 0.717) is 23.4 Å². The molecule has 1 heterocycles. The Labute approximate surface area is 120 Å². The normalized spacial score (nSPS) is 10.7. The molecule has 5 nitrogen and oxygen atoms in total. The number of nitrogens with zero attached hydrogens (tertiary/aromatic N) is 1. The van der Waals surface area contributed by atoms with Crippen LogP contribution in [0.4, 0.5) is 0 Å². The Morgan fingerprint density at radius 3 is 2.90 bits per heavy atom. The number of hydrogen-bond acceptors (Lipinski definition) is 4. The molecule has 0 aliphatic heterocycles. The van der Waals surface area contributed by atoms with Gasteiger partial charge in [-0.2, -0.15) is 0 Å². The van der Waals surface area contributed by atoms with Gasteiger partial charge in [-0.1, -0.05) is 12.1 Å². The first kappa shape index (κ1) is 13.2. The Morgan fingerprint density at radius 2 is 2.14 bits per heavy atom. The maximum atomic E-state index is 10.9. The molecule has 0 radical (unpaired) electrons. The Kier molecular flexibility index (Phi) is 3.31. The highest BCUT2D eigenvalue weighted by molar-refractivity contribution is 5.91. The second kappa shape index (κ2) is 5.28. The number of fused-ring (bicyclic) bond motifs is 1. The smallest absolute Gasteiger partial charge is 0.335 e. The molecule has 0 aliphatic rings. The summed E-state index contributed by atoms with van der Waals surface area (Å²) in [6.07, 6.45) is 0.522. The van der Waals surface area contributed by atoms with Gasteiger partial charge in [-0.05, 0) is 35.9 Å². The van der Waals surface area contributed by atoms with E-state index in [1.807, 2.05) is 24.3 Å². The van der Waals surface area contributed by atoms with Crippen LogP contribution in [0.3, 0.4) is 0 Å². The van der Waals surface area contributed by atoms with Crippen molar-refractivity contribution >= 4 is 17.1 Å². The fourth-order valence-electron chi connectivity index (χ4n) is 2.14. The van der Waals surface area contributed by atoms with Gasteiger partial charge in [-0.25, -0.2) is 9.78 Å². The number of oxazole rings is 1. The summed E-state index contributed by atoms with van der Waals surface area (Å²) in [6, 6.07) is 12.3. The molecule has 3 rings (SSSR count). The SMILES string of the molecule is COc1cccc(Cc2nc3ccc(C(=O)O)cc3o2)c1. The van der Waals surface area contributed by atoms with Crippen molar-refractivity contribution in [2.45, 2.75) is 6.42 Å². The first-order valence-electron chi connectivity index (χ1n) is 6.41. The summed E-state index contributed by atoms with van der Waals surface area (Å²) >= 11 is 0. The van der Waals surface area contributed by atoms with Crippen molar-refractivity contribution in [1.82, 2.24) is 4.98 Å². The summed E-state index contributed by atoms with van der Waals surface area (Å²) < 4.78 is 10.8. The highest BCUT2D eigenvalue weighted by Gasteiger charge is 2.10. The average molecular weight is 283 g/mol. The van der Waals surface area contributed by atoms with E-state index in [-0.39, 0.29) is 5.56 Å². The minimum atomic E-state index is -0.984. The summed E-state index contributed by atoms with van der Waals surface area (Å²) in [6.45, 7) is 0. The molecule has 0 bridgehead atoms. The van der Waals surface area contributed by atoms with Crippen LogP contribution < -0.4 is 4.74 Å². The van der Waals surface area contributed by atoms with E-state index >= 15 is 0 Å². The number of carboxylic acids is 1. The van der Waals surface area contributed by atoms with Gasteiger partial charge in [0, 0.05) is 6.42 Å². The van der Waals surface area contributed by atoms with Crippen molar-refractivity contribution in [2.24, 2.45) is 0 Å². The first-order valence-corrected chi connectivity index (χ1v) is 6.41. The van der Waals surface area contributed by atoms with E-state index in [0.717, 1.165) is 11.3 Å². The average Bonchev–Trinajstić information content (AvgIpc) is 2.88. The van der Waals surface area contributed by atoms with Crippen LogP contribution in [0.5, 0.6) is 5.75 Å². The van der Waals surface area contributed by atoms with Gasteiger partial charge < -0.3 is 14.3 Å². The summed E-state index contributed by atoms with van der Waals surface area (Å²) in [5.74, 6) is 0.334. The molecule has 0 aliphatic carbocycles. The second-order valence-electron chi connectivity index (χ2n) is 4.62. The van der Waals surface area contributed by atoms with Crippen molar-refractivity contribution < 1.29 is 19.1 Å². The van der Waals surface area contributed by atoms with Crippen molar-refractivity contribution in [2.75, 3.05) is 7.11 Å². The van der Waals surface area contributed by atoms with E-state index in [1.54, 1.807) is 13.2 Å². The number of hydrogen-bond donors (Lipinski definition) is 1. The maximum Gasteiger partial charge on any atom is 0.335 e. The number of benzene rings is 2. The molecule has 2 aromatic carbocycles. The zero-order chi connectivity index (χ0) is 14.8. The number of methoxy groups -OCH3 is 1. The molecule has 21 heavy (non-hydrogen) atoms. The molecule has 0 saturated heterocycles. The summed E-state index contributed by atoms with van der Waals surface area (Å²) in [5, 5.41) is 8.97. The third-order valence-corrected chi connectivity index (χ3v) is 3.17. The zero-order valence-corrected chi connectivity index (χ0v) is 11.4. The largest absolute Gasteiger partial charge is 0.497 e. The van der Waals surface area contributed by atoms with Crippen LogP contribution in [-0.2, 0) is 6.42 Å². The molecule has 5 heteroatoms. The standard InChI is InChI=1S/C16H13NO4/c1-20-12-4-2-3-10(7-12)8-15-17-13-6-5-11(16(18)19)9-14(13)21-15/h2-7,9H,8H2,1H3,(H,18,19). The summed E-state index contributed by atoms with van der Waals surface area (Å²) in [4.78, 5) is 15.3. The minimum absolute atomic E-state index is 0.187. The van der Waals surface area contributed by atoms with Gasteiger partial charge >= 0.3 is 5.97 Å². The van der Waals surface area contributed by atoms with Crippen LogP contribution in [0.2, 0.25) is 0 Å². The number of aromatic nitrogens is 1. The Bertz CT molecular complexity index is 807. The van der Waals surface area contributed by atoms with Gasteiger partial charge in [-0.3, -0.25) is 0 Å². The lowest BCUT2D eigenvalue weighted by atomic mass is 10.1. The molecule has 3 aromatic rings. The maximum absolute atomic E-state index is 10.9. The zero-order valence-electron chi connectivity index (χ0n) is 11.4. The molecular weight excluding hydrogens is 270 g/mol. The third kappa shape index (κ3) is 2.72. The number of rotatable bonds is 4. The van der Waals surface area contributed by atoms with Crippen molar-refractivity contribution in [3.63, 3.8) is 0 Å². The van der Waals surface area contributed by atoms with Crippen molar-refractivity contribution in [3.05, 3.63) is 59.5 Å². The van der Waals surface area contributed by atoms with Crippen molar-refractivity contribution in [1.29, 1.82) is 0 Å². The van der Waals surface area contributed by atoms with Gasteiger partial charge in [0.1, 0.15) is 11.3 Å². The predicted octanol–water partition coefficient (Wildman–Crippen LogP) is 3.13. The van der Waals surface area contributed by atoms with Gasteiger partial charge in [0.15, 0.2) is 11.5 Å². The molecule has 0 atom stereocenters. The molecule has 0 unspecified atom stereocenters. The van der Waals surface area contributed by atoms with Crippen LogP contribution in [-0.4, -0.2) is 23.2 Å². The fourth-order valence-corrected chi connectivity index (χ4v) is 2.14. The Morgan fingerprint density at radius 1 is 1.29 bits per heavy atom. The third-order valence-electron chi connectivity index (χ3n) is 3.17. The molecule has 1 N–H and O–H groups in total. The van der Waals surface area contributed by atoms with E-state index in [4.69, 9.17) is 14.3 Å². The molecule has 0 spiro atoms. The predicted molar refractivity (Wildman–Crippen MR) is 76.8 cm³/mol. The first-order chi connectivity index (χ1) is 10.2. The van der Waals surface area contributed by atoms with Crippen LogP contribution in [0.25, 0.3) is 11.1 Å². The van der Waals surface area contributed by atoms with Crippen LogP contribution in [0, 0.1) is 0 Å². The van der Waals surface area contributed by atoms with Crippen LogP contribution in [0.1, 0.15) is 21.8 Å². The van der Waals surface area contributed by atoms with Crippen molar-refractivity contribution in [3.8, 4) is 5.75 Å². The second-order valence-corrected chi connectivity index (χ2v) is 4.62. The lowest BCUT2D eigenvalue weighted by Gasteiger charge is -2.01. The number of ether oxygens (including phenoxy) is 1. The van der Waals surface area contributed by atoms with Crippen LogP contribution >= 0.6 is 0 Å². The lowest BCUT2D eigenvalue weighted by molar-refractivity contribution is 0.0697. The quantitative estimate of drug-likeness (QED) is 0.796. The summed E-state index contributed by atoms with van der Waals surface area (Å²) in [7, 11) is 1.62. The fraction of sp³-hybridized carbons (Fsp3) is 0.125. The van der Waals surface area contributed by atoms with Crippen LogP contribution in [0.15, 0.2) is 46.9 Å². The van der Waals surface area contributed by atoms with Gasteiger partial charge in [-0.15, -0.1) is 0 Å². The summed E-state index contributed by atoms with van der Waals surface area (Å²) in [5.41, 5.74) is 2.33.